The molecule has 1 N–H and O–H groups in total. The van der Waals surface area contributed by atoms with Gasteiger partial charge in [0.25, 0.3) is 5.91 Å². The SMILES string of the molecule is O=C(CSc1nnc(C2CC2)n1-c1ccccc1)NC(=O)c1ccc(OC(F)F)cc1. The highest BCUT2D eigenvalue weighted by molar-refractivity contribution is 7.99. The maximum atomic E-state index is 12.3. The van der Waals surface area contributed by atoms with Gasteiger partial charge in [0, 0.05) is 17.2 Å². The monoisotopic (exact) mass is 444 g/mol. The van der Waals surface area contributed by atoms with Gasteiger partial charge in [-0.25, -0.2) is 0 Å². The number of benzene rings is 2. The second kappa shape index (κ2) is 9.25. The van der Waals surface area contributed by atoms with Gasteiger partial charge in [-0.05, 0) is 49.2 Å². The van der Waals surface area contributed by atoms with E-state index in [-0.39, 0.29) is 17.1 Å². The molecule has 1 saturated carbocycles. The predicted octanol–water partition coefficient (Wildman–Crippen LogP) is 3.79. The highest BCUT2D eigenvalue weighted by atomic mass is 32.2. The number of nitrogens with one attached hydrogen (secondary N) is 1. The van der Waals surface area contributed by atoms with E-state index in [1.165, 1.54) is 36.0 Å². The summed E-state index contributed by atoms with van der Waals surface area (Å²) in [6, 6.07) is 14.7. The predicted molar refractivity (Wildman–Crippen MR) is 110 cm³/mol. The molecule has 1 aromatic heterocycles. The third-order valence-electron chi connectivity index (χ3n) is 4.54. The second-order valence-electron chi connectivity index (χ2n) is 6.85. The number of nitrogens with zero attached hydrogens (tertiary/aromatic N) is 3. The van der Waals surface area contributed by atoms with Gasteiger partial charge >= 0.3 is 6.61 Å². The van der Waals surface area contributed by atoms with Gasteiger partial charge in [0.1, 0.15) is 11.6 Å². The Hall–Kier alpha value is -3.27. The lowest BCUT2D eigenvalue weighted by atomic mass is 10.2. The molecular weight excluding hydrogens is 426 g/mol. The van der Waals surface area contributed by atoms with Crippen LogP contribution in [0.3, 0.4) is 0 Å². The summed E-state index contributed by atoms with van der Waals surface area (Å²) in [6.07, 6.45) is 2.12. The van der Waals surface area contributed by atoms with E-state index in [0.717, 1.165) is 24.4 Å². The number of imide groups is 1. The Kier molecular flexibility index (Phi) is 6.26. The Bertz CT molecular complexity index is 1070. The van der Waals surface area contributed by atoms with Gasteiger partial charge in [-0.15, -0.1) is 10.2 Å². The van der Waals surface area contributed by atoms with Gasteiger partial charge in [-0.3, -0.25) is 19.5 Å². The van der Waals surface area contributed by atoms with Crippen molar-refractivity contribution in [2.45, 2.75) is 30.5 Å². The molecule has 0 spiro atoms. The smallest absolute Gasteiger partial charge is 0.387 e. The van der Waals surface area contributed by atoms with Crippen molar-refractivity contribution in [3.8, 4) is 11.4 Å². The number of carbonyl (C=O) groups is 2. The van der Waals surface area contributed by atoms with E-state index in [0.29, 0.717) is 11.1 Å². The average Bonchev–Trinajstić information content (AvgIpc) is 3.52. The molecule has 160 valence electrons. The minimum absolute atomic E-state index is 0.0338. The zero-order valence-corrected chi connectivity index (χ0v) is 17.0. The molecule has 4 rings (SSSR count). The van der Waals surface area contributed by atoms with E-state index >= 15 is 0 Å². The first-order valence-corrected chi connectivity index (χ1v) is 10.5. The Labute approximate surface area is 180 Å². The highest BCUT2D eigenvalue weighted by Crippen LogP contribution is 2.41. The van der Waals surface area contributed by atoms with Crippen LogP contribution in [0, 0.1) is 0 Å². The third kappa shape index (κ3) is 5.26. The first-order valence-electron chi connectivity index (χ1n) is 9.54. The number of ether oxygens (including phenoxy) is 1. The summed E-state index contributed by atoms with van der Waals surface area (Å²) in [4.78, 5) is 24.5. The molecule has 1 fully saturated rings. The van der Waals surface area contributed by atoms with Crippen LogP contribution in [0.2, 0.25) is 0 Å². The van der Waals surface area contributed by atoms with Gasteiger partial charge < -0.3 is 4.74 Å². The first-order chi connectivity index (χ1) is 15.0. The van der Waals surface area contributed by atoms with Crippen molar-refractivity contribution in [3.05, 3.63) is 66.0 Å². The quantitative estimate of drug-likeness (QED) is 0.532. The number of hydrogen-bond acceptors (Lipinski definition) is 6. The van der Waals surface area contributed by atoms with Crippen LogP contribution in [0.25, 0.3) is 5.69 Å². The van der Waals surface area contributed by atoms with Gasteiger partial charge in [-0.2, -0.15) is 8.78 Å². The third-order valence-corrected chi connectivity index (χ3v) is 5.47. The van der Waals surface area contributed by atoms with E-state index in [2.05, 4.69) is 20.3 Å². The lowest BCUT2D eigenvalue weighted by molar-refractivity contribution is -0.117. The van der Waals surface area contributed by atoms with Crippen LogP contribution in [-0.4, -0.2) is 38.9 Å². The molecule has 0 radical (unpaired) electrons. The van der Waals surface area contributed by atoms with Crippen LogP contribution < -0.4 is 10.1 Å². The van der Waals surface area contributed by atoms with E-state index in [1.807, 2.05) is 34.9 Å². The number of carbonyl (C=O) groups excluding carboxylic acids is 2. The molecule has 0 atom stereocenters. The van der Waals surface area contributed by atoms with Gasteiger partial charge in [0.2, 0.25) is 5.91 Å². The maximum Gasteiger partial charge on any atom is 0.387 e. The lowest BCUT2D eigenvalue weighted by Gasteiger charge is -2.10. The van der Waals surface area contributed by atoms with Crippen LogP contribution in [0.1, 0.15) is 34.9 Å². The fourth-order valence-electron chi connectivity index (χ4n) is 2.95. The van der Waals surface area contributed by atoms with Gasteiger partial charge in [-0.1, -0.05) is 30.0 Å². The zero-order valence-electron chi connectivity index (χ0n) is 16.2. The minimum Gasteiger partial charge on any atom is -0.435 e. The van der Waals surface area contributed by atoms with Crippen LogP contribution >= 0.6 is 11.8 Å². The molecule has 0 aliphatic heterocycles. The molecule has 3 aromatic rings. The fourth-order valence-corrected chi connectivity index (χ4v) is 3.71. The minimum atomic E-state index is -2.95. The van der Waals surface area contributed by atoms with Crippen molar-refractivity contribution < 1.29 is 23.1 Å². The van der Waals surface area contributed by atoms with E-state index in [9.17, 15) is 18.4 Å². The lowest BCUT2D eigenvalue weighted by Crippen LogP contribution is -2.31. The van der Waals surface area contributed by atoms with Crippen molar-refractivity contribution in [2.75, 3.05) is 5.75 Å². The maximum absolute atomic E-state index is 12.3. The van der Waals surface area contributed by atoms with E-state index < -0.39 is 18.4 Å². The Morgan fingerprint density at radius 1 is 1.10 bits per heavy atom. The van der Waals surface area contributed by atoms with Gasteiger partial charge in [0.05, 0.1) is 5.75 Å². The molecule has 7 nitrogen and oxygen atoms in total. The molecule has 2 aromatic carbocycles. The van der Waals surface area contributed by atoms with Crippen LogP contribution in [0.4, 0.5) is 8.78 Å². The summed E-state index contributed by atoms with van der Waals surface area (Å²) < 4.78 is 30.6. The number of thioether (sulfide) groups is 1. The molecule has 31 heavy (non-hydrogen) atoms. The molecule has 10 heteroatoms. The van der Waals surface area contributed by atoms with Crippen molar-refractivity contribution in [2.24, 2.45) is 0 Å². The van der Waals surface area contributed by atoms with Crippen molar-refractivity contribution in [3.63, 3.8) is 0 Å². The van der Waals surface area contributed by atoms with Gasteiger partial charge in [0.15, 0.2) is 5.16 Å². The van der Waals surface area contributed by atoms with Crippen molar-refractivity contribution in [1.29, 1.82) is 0 Å². The molecule has 2 amide bonds. The largest absolute Gasteiger partial charge is 0.435 e. The van der Waals surface area contributed by atoms with Crippen LogP contribution in [0.15, 0.2) is 59.8 Å². The average molecular weight is 444 g/mol. The number of halogens is 2. The Morgan fingerprint density at radius 2 is 1.81 bits per heavy atom. The molecule has 1 heterocycles. The summed E-state index contributed by atoms with van der Waals surface area (Å²) in [6.45, 7) is -2.95. The summed E-state index contributed by atoms with van der Waals surface area (Å²) in [5, 5.41) is 11.4. The number of alkyl halides is 2. The number of rotatable bonds is 8. The fraction of sp³-hybridized carbons (Fsp3) is 0.238. The number of amides is 2. The normalized spacial score (nSPS) is 13.3. The summed E-state index contributed by atoms with van der Waals surface area (Å²) >= 11 is 1.18. The topological polar surface area (TPSA) is 86.1 Å². The van der Waals surface area contributed by atoms with Crippen molar-refractivity contribution >= 4 is 23.6 Å². The summed E-state index contributed by atoms with van der Waals surface area (Å²) in [5.74, 6) is 0.00956. The van der Waals surface area contributed by atoms with Crippen LogP contribution in [-0.2, 0) is 4.79 Å². The molecule has 0 unspecified atom stereocenters. The van der Waals surface area contributed by atoms with E-state index in [4.69, 9.17) is 0 Å². The molecule has 1 aliphatic carbocycles. The molecule has 0 bridgehead atoms. The highest BCUT2D eigenvalue weighted by Gasteiger charge is 2.31. The molecular formula is C21H18F2N4O3S. The number of para-hydroxylation sites is 1. The van der Waals surface area contributed by atoms with Crippen LogP contribution in [0.5, 0.6) is 5.75 Å². The summed E-state index contributed by atoms with van der Waals surface area (Å²) in [7, 11) is 0. The standard InChI is InChI=1S/C21H18F2N4O3S/c22-20(23)30-16-10-8-14(9-11-16)19(29)24-17(28)12-31-21-26-25-18(13-6-7-13)27(21)15-4-2-1-3-5-15/h1-5,8-11,13,20H,6-7,12H2,(H,24,28,29). The Balaban J connectivity index is 1.38. The Morgan fingerprint density at radius 3 is 2.45 bits per heavy atom. The number of aromatic nitrogens is 3. The second-order valence-corrected chi connectivity index (χ2v) is 7.80. The summed E-state index contributed by atoms with van der Waals surface area (Å²) in [5.41, 5.74) is 1.07. The van der Waals surface area contributed by atoms with E-state index in [1.54, 1.807) is 0 Å². The first kappa shape index (κ1) is 21.0. The zero-order chi connectivity index (χ0) is 21.8. The van der Waals surface area contributed by atoms with Crippen molar-refractivity contribution in [1.82, 2.24) is 20.1 Å². The number of hydrogen-bond donors (Lipinski definition) is 1. The molecule has 0 saturated heterocycles. The molecule has 1 aliphatic rings.